The second-order valence-electron chi connectivity index (χ2n) is 3.30. The number of hydrogen-bond acceptors (Lipinski definition) is 3. The Morgan fingerprint density at radius 2 is 2.07 bits per heavy atom. The molecule has 0 spiro atoms. The molecule has 0 fully saturated rings. The van der Waals surface area contributed by atoms with Gasteiger partial charge in [0, 0.05) is 16.7 Å². The van der Waals surface area contributed by atoms with E-state index < -0.39 is 0 Å². The van der Waals surface area contributed by atoms with Crippen molar-refractivity contribution in [3.63, 3.8) is 0 Å². The van der Waals surface area contributed by atoms with Crippen LogP contribution in [-0.4, -0.2) is 12.8 Å². The predicted octanol–water partition coefficient (Wildman–Crippen LogP) is 0.505. The molecule has 15 heavy (non-hydrogen) atoms. The van der Waals surface area contributed by atoms with E-state index in [9.17, 15) is 0 Å². The summed E-state index contributed by atoms with van der Waals surface area (Å²) in [5.41, 5.74) is 0.839. The van der Waals surface area contributed by atoms with Gasteiger partial charge in [-0.2, -0.15) is 0 Å². The molecule has 3 rings (SSSR count). The van der Waals surface area contributed by atoms with E-state index >= 15 is 0 Å². The van der Waals surface area contributed by atoms with Crippen molar-refractivity contribution in [2.24, 2.45) is 4.99 Å². The molecule has 1 aromatic carbocycles. The fraction of sp³-hybridized carbons (Fsp3) is 0.0833. The van der Waals surface area contributed by atoms with Crippen molar-refractivity contribution < 1.29 is 9.47 Å². The van der Waals surface area contributed by atoms with Gasteiger partial charge >= 0.3 is 0 Å². The van der Waals surface area contributed by atoms with Crippen LogP contribution >= 0.6 is 0 Å². The fourth-order valence-electron chi connectivity index (χ4n) is 1.64. The minimum Gasteiger partial charge on any atom is -0.492 e. The van der Waals surface area contributed by atoms with Crippen molar-refractivity contribution in [2.75, 3.05) is 6.61 Å². The Morgan fingerprint density at radius 3 is 3.07 bits per heavy atom. The van der Waals surface area contributed by atoms with E-state index in [1.165, 1.54) is 0 Å². The maximum Gasteiger partial charge on any atom is 0.187 e. The average molecular weight is 199 g/mol. The Bertz CT molecular complexity index is 570. The zero-order chi connectivity index (χ0) is 10.1. The molecule has 0 atom stereocenters. The number of ether oxygens (including phenoxy) is 2. The summed E-state index contributed by atoms with van der Waals surface area (Å²) in [4.78, 5) is 4.34. The second kappa shape index (κ2) is 3.28. The first kappa shape index (κ1) is 8.29. The van der Waals surface area contributed by atoms with Gasteiger partial charge in [0.25, 0.3) is 0 Å². The van der Waals surface area contributed by atoms with Gasteiger partial charge < -0.3 is 9.47 Å². The van der Waals surface area contributed by atoms with Gasteiger partial charge in [-0.3, -0.25) is 4.99 Å². The quantitative estimate of drug-likeness (QED) is 0.609. The van der Waals surface area contributed by atoms with E-state index in [4.69, 9.17) is 9.47 Å². The summed E-state index contributed by atoms with van der Waals surface area (Å²) in [5.74, 6) is 0.669. The van der Waals surface area contributed by atoms with Gasteiger partial charge in [-0.05, 0) is 0 Å². The normalized spacial score (nSPS) is 17.3. The van der Waals surface area contributed by atoms with Crippen LogP contribution in [0.3, 0.4) is 0 Å². The number of nitrogens with zero attached hydrogens (tertiary/aromatic N) is 1. The van der Waals surface area contributed by atoms with Gasteiger partial charge in [-0.25, -0.2) is 0 Å². The highest BCUT2D eigenvalue weighted by Crippen LogP contribution is 2.16. The van der Waals surface area contributed by atoms with Crippen LogP contribution in [-0.2, 0) is 9.47 Å². The first-order valence-corrected chi connectivity index (χ1v) is 4.76. The number of hydrogen-bond donors (Lipinski definition) is 0. The Balaban J connectivity index is 2.40. The minimum atomic E-state index is 0.485. The van der Waals surface area contributed by atoms with Crippen molar-refractivity contribution >= 4 is 18.2 Å². The highest BCUT2D eigenvalue weighted by molar-refractivity contribution is 5.74. The van der Waals surface area contributed by atoms with Crippen molar-refractivity contribution in [1.82, 2.24) is 0 Å². The van der Waals surface area contributed by atoms with Gasteiger partial charge in [0.1, 0.15) is 18.6 Å². The molecule has 0 N–H and O–H groups in total. The molecule has 0 bridgehead atoms. The molecule has 3 heteroatoms. The molecule has 2 aliphatic heterocycles. The third kappa shape index (κ3) is 1.32. The Hall–Kier alpha value is -2.03. The van der Waals surface area contributed by atoms with Gasteiger partial charge in [-0.1, -0.05) is 24.3 Å². The fourth-order valence-corrected chi connectivity index (χ4v) is 1.64. The maximum atomic E-state index is 5.45. The van der Waals surface area contributed by atoms with Crippen LogP contribution in [0.4, 0.5) is 0 Å². The first-order valence-electron chi connectivity index (χ1n) is 4.76. The van der Waals surface area contributed by atoms with Crippen LogP contribution in [0.25, 0.3) is 12.0 Å². The van der Waals surface area contributed by atoms with E-state index in [0.717, 1.165) is 16.1 Å². The zero-order valence-electron chi connectivity index (χ0n) is 8.01. The number of aliphatic imine (C=N–C) groups is 1. The van der Waals surface area contributed by atoms with Gasteiger partial charge in [0.2, 0.25) is 0 Å². The number of fused-ring (bicyclic) bond motifs is 2. The zero-order valence-corrected chi connectivity index (χ0v) is 8.01. The van der Waals surface area contributed by atoms with Crippen LogP contribution in [0.1, 0.15) is 0 Å². The molecule has 74 valence electrons. The van der Waals surface area contributed by atoms with E-state index in [1.54, 1.807) is 18.7 Å². The lowest BCUT2D eigenvalue weighted by Gasteiger charge is -2.09. The highest BCUT2D eigenvalue weighted by atomic mass is 16.5. The van der Waals surface area contributed by atoms with Crippen molar-refractivity contribution in [3.8, 4) is 0 Å². The molecule has 3 nitrogen and oxygen atoms in total. The summed E-state index contributed by atoms with van der Waals surface area (Å²) in [6.07, 6.45) is 5.06. The molecule has 2 aliphatic rings. The minimum absolute atomic E-state index is 0.485. The Labute approximate surface area is 86.7 Å². The number of rotatable bonds is 0. The second-order valence-corrected chi connectivity index (χ2v) is 3.30. The van der Waals surface area contributed by atoms with E-state index in [2.05, 4.69) is 4.99 Å². The molecule has 0 radical (unpaired) electrons. The van der Waals surface area contributed by atoms with Crippen LogP contribution in [0, 0.1) is 0 Å². The summed E-state index contributed by atoms with van der Waals surface area (Å²) in [5, 5.41) is 2.13. The average Bonchev–Trinajstić information content (AvgIpc) is 2.54. The molecule has 0 amide bonds. The van der Waals surface area contributed by atoms with Gasteiger partial charge in [-0.15, -0.1) is 0 Å². The van der Waals surface area contributed by atoms with Crippen LogP contribution in [0.15, 0.2) is 41.3 Å². The van der Waals surface area contributed by atoms with E-state index in [0.29, 0.717) is 12.4 Å². The topological polar surface area (TPSA) is 30.8 Å². The van der Waals surface area contributed by atoms with Crippen molar-refractivity contribution in [2.45, 2.75) is 0 Å². The third-order valence-corrected chi connectivity index (χ3v) is 2.34. The summed E-state index contributed by atoms with van der Waals surface area (Å²) in [6, 6.07) is 8.00. The maximum absolute atomic E-state index is 5.45. The molecule has 0 unspecified atom stereocenters. The van der Waals surface area contributed by atoms with Crippen LogP contribution in [0.5, 0.6) is 0 Å². The summed E-state index contributed by atoms with van der Waals surface area (Å²) >= 11 is 0. The van der Waals surface area contributed by atoms with E-state index in [1.807, 2.05) is 24.3 Å². The largest absolute Gasteiger partial charge is 0.492 e. The van der Waals surface area contributed by atoms with Crippen molar-refractivity contribution in [1.29, 1.82) is 0 Å². The molecule has 0 aromatic heterocycles. The lowest BCUT2D eigenvalue weighted by Crippen LogP contribution is -2.30. The molecule has 1 aromatic rings. The lowest BCUT2D eigenvalue weighted by atomic mass is 10.2. The lowest BCUT2D eigenvalue weighted by molar-refractivity contribution is 0.283. The Kier molecular flexibility index (Phi) is 1.81. The van der Waals surface area contributed by atoms with Crippen LogP contribution in [0.2, 0.25) is 0 Å². The summed E-state index contributed by atoms with van der Waals surface area (Å²) < 4.78 is 10.7. The first-order chi connectivity index (χ1) is 7.45. The van der Waals surface area contributed by atoms with Crippen LogP contribution < -0.4 is 10.4 Å². The summed E-state index contributed by atoms with van der Waals surface area (Å²) in [6.45, 7) is 0.485. The third-order valence-electron chi connectivity index (χ3n) is 2.34. The SMILES string of the molecule is C1=NC2=c3ccccc3=COC2=COC1. The van der Waals surface area contributed by atoms with Gasteiger partial charge in [0.05, 0.1) is 6.26 Å². The molecule has 0 aliphatic carbocycles. The predicted molar refractivity (Wildman–Crippen MR) is 57.2 cm³/mol. The summed E-state index contributed by atoms with van der Waals surface area (Å²) in [7, 11) is 0. The molecule has 0 saturated heterocycles. The smallest absolute Gasteiger partial charge is 0.187 e. The molecule has 2 heterocycles. The van der Waals surface area contributed by atoms with Crippen molar-refractivity contribution in [3.05, 3.63) is 46.7 Å². The molecular formula is C12H9NO2. The molecular weight excluding hydrogens is 190 g/mol. The van der Waals surface area contributed by atoms with Gasteiger partial charge in [0.15, 0.2) is 5.76 Å². The Morgan fingerprint density at radius 1 is 1.13 bits per heavy atom. The number of benzene rings is 1. The monoisotopic (exact) mass is 199 g/mol. The standard InChI is InChI=1S/C12H9NO2/c1-2-4-10-9(3-1)7-15-11-8-14-6-5-13-12(10)11/h1-5,7-8H,6H2. The van der Waals surface area contributed by atoms with E-state index in [-0.39, 0.29) is 0 Å². The highest BCUT2D eigenvalue weighted by Gasteiger charge is 2.12. The molecule has 0 saturated carbocycles.